The minimum absolute atomic E-state index is 1.17. The van der Waals surface area contributed by atoms with E-state index in [9.17, 15) is 0 Å². The van der Waals surface area contributed by atoms with Crippen molar-refractivity contribution in [1.82, 2.24) is 9.13 Å². The SMILES string of the molecule is c1ccc(-c2cccc(-n3c4ccccc4c4cc5ccn(-c6ccccc6)c5cc43)c2)cc1. The fraction of sp³-hybridized carbons (Fsp3) is 0. The summed E-state index contributed by atoms with van der Waals surface area (Å²) < 4.78 is 4.68. The van der Waals surface area contributed by atoms with Gasteiger partial charge in [0.2, 0.25) is 0 Å². The molecular formula is C32H22N2. The van der Waals surface area contributed by atoms with Crippen molar-refractivity contribution in [3.63, 3.8) is 0 Å². The molecule has 5 aromatic carbocycles. The van der Waals surface area contributed by atoms with Gasteiger partial charge in [0.25, 0.3) is 0 Å². The zero-order chi connectivity index (χ0) is 22.5. The van der Waals surface area contributed by atoms with Crippen molar-refractivity contribution in [2.45, 2.75) is 0 Å². The van der Waals surface area contributed by atoms with Gasteiger partial charge in [0.15, 0.2) is 0 Å². The van der Waals surface area contributed by atoms with Crippen LogP contribution in [-0.2, 0) is 0 Å². The number of fused-ring (bicyclic) bond motifs is 4. The lowest BCUT2D eigenvalue weighted by Crippen LogP contribution is -1.95. The van der Waals surface area contributed by atoms with E-state index in [0.29, 0.717) is 0 Å². The minimum atomic E-state index is 1.17. The third-order valence-electron chi connectivity index (χ3n) is 6.73. The summed E-state index contributed by atoms with van der Waals surface area (Å²) in [6.45, 7) is 0. The zero-order valence-electron chi connectivity index (χ0n) is 18.6. The highest BCUT2D eigenvalue weighted by atomic mass is 15.0. The molecule has 0 fully saturated rings. The minimum Gasteiger partial charge on any atom is -0.316 e. The van der Waals surface area contributed by atoms with Crippen LogP contribution in [-0.4, -0.2) is 9.13 Å². The Labute approximate surface area is 197 Å². The highest BCUT2D eigenvalue weighted by Crippen LogP contribution is 2.36. The summed E-state index contributed by atoms with van der Waals surface area (Å²) in [6.07, 6.45) is 2.17. The Morgan fingerprint density at radius 1 is 0.412 bits per heavy atom. The molecule has 0 bridgehead atoms. The number of aromatic nitrogens is 2. The summed E-state index contributed by atoms with van der Waals surface area (Å²) in [4.78, 5) is 0. The van der Waals surface area contributed by atoms with Crippen molar-refractivity contribution in [3.8, 4) is 22.5 Å². The smallest absolute Gasteiger partial charge is 0.0562 e. The van der Waals surface area contributed by atoms with Crippen LogP contribution in [0.15, 0.2) is 134 Å². The number of para-hydroxylation sites is 2. The molecule has 0 N–H and O–H groups in total. The van der Waals surface area contributed by atoms with Gasteiger partial charge in [-0.05, 0) is 59.7 Å². The summed E-state index contributed by atoms with van der Waals surface area (Å²) in [5.74, 6) is 0. The molecule has 2 nitrogen and oxygen atoms in total. The van der Waals surface area contributed by atoms with E-state index in [0.717, 1.165) is 0 Å². The fourth-order valence-corrected chi connectivity index (χ4v) is 5.15. The highest BCUT2D eigenvalue weighted by molar-refractivity contribution is 6.13. The van der Waals surface area contributed by atoms with Gasteiger partial charge in [0.05, 0.1) is 16.6 Å². The molecule has 7 rings (SSSR count). The first-order valence-electron chi connectivity index (χ1n) is 11.6. The highest BCUT2D eigenvalue weighted by Gasteiger charge is 2.15. The van der Waals surface area contributed by atoms with Crippen molar-refractivity contribution in [2.24, 2.45) is 0 Å². The fourth-order valence-electron chi connectivity index (χ4n) is 5.15. The van der Waals surface area contributed by atoms with E-state index in [1.807, 2.05) is 0 Å². The normalized spacial score (nSPS) is 11.5. The van der Waals surface area contributed by atoms with Crippen LogP contribution in [0.25, 0.3) is 55.2 Å². The Bertz CT molecular complexity index is 1790. The molecule has 0 amide bonds. The molecule has 0 saturated heterocycles. The van der Waals surface area contributed by atoms with Gasteiger partial charge < -0.3 is 9.13 Å². The molecule has 0 unspecified atom stereocenters. The van der Waals surface area contributed by atoms with E-state index in [2.05, 4.69) is 143 Å². The Morgan fingerprint density at radius 2 is 1.12 bits per heavy atom. The molecule has 0 radical (unpaired) electrons. The Kier molecular flexibility index (Phi) is 4.18. The standard InChI is InChI=1S/C32H22N2/c1-3-10-23(11-4-1)24-12-9-15-27(20-24)34-30-17-8-7-16-28(30)29-21-25-18-19-33(31(25)22-32(29)34)26-13-5-2-6-14-26/h1-22H. The van der Waals surface area contributed by atoms with Gasteiger partial charge in [-0.25, -0.2) is 0 Å². The summed E-state index contributed by atoms with van der Waals surface area (Å²) >= 11 is 0. The number of benzene rings is 5. The second kappa shape index (κ2) is 7.50. The molecule has 2 aromatic heterocycles. The second-order valence-corrected chi connectivity index (χ2v) is 8.72. The number of rotatable bonds is 3. The maximum atomic E-state index is 2.40. The predicted molar refractivity (Wildman–Crippen MR) is 143 cm³/mol. The Hall–Kier alpha value is -4.56. The molecule has 0 aliphatic heterocycles. The third kappa shape index (κ3) is 2.89. The Morgan fingerprint density at radius 3 is 1.97 bits per heavy atom. The summed E-state index contributed by atoms with van der Waals surface area (Å²) in [5, 5.41) is 3.80. The van der Waals surface area contributed by atoms with Gasteiger partial charge in [0.1, 0.15) is 0 Å². The van der Waals surface area contributed by atoms with E-state index in [-0.39, 0.29) is 0 Å². The van der Waals surface area contributed by atoms with Gasteiger partial charge in [-0.1, -0.05) is 78.9 Å². The molecule has 7 aromatic rings. The topological polar surface area (TPSA) is 9.86 Å². The van der Waals surface area contributed by atoms with Gasteiger partial charge in [0, 0.05) is 33.7 Å². The van der Waals surface area contributed by atoms with Gasteiger partial charge in [-0.3, -0.25) is 0 Å². The summed E-state index contributed by atoms with van der Waals surface area (Å²) in [5.41, 5.74) is 8.44. The molecule has 0 aliphatic carbocycles. The first-order chi connectivity index (χ1) is 16.9. The largest absolute Gasteiger partial charge is 0.316 e. The lowest BCUT2D eigenvalue weighted by molar-refractivity contribution is 1.12. The van der Waals surface area contributed by atoms with Crippen LogP contribution in [0.5, 0.6) is 0 Å². The summed E-state index contributed by atoms with van der Waals surface area (Å²) in [7, 11) is 0. The van der Waals surface area contributed by atoms with Gasteiger partial charge >= 0.3 is 0 Å². The molecule has 0 spiro atoms. The zero-order valence-corrected chi connectivity index (χ0v) is 18.6. The van der Waals surface area contributed by atoms with E-state index in [4.69, 9.17) is 0 Å². The van der Waals surface area contributed by atoms with Crippen LogP contribution in [0.1, 0.15) is 0 Å². The van der Waals surface area contributed by atoms with E-state index >= 15 is 0 Å². The second-order valence-electron chi connectivity index (χ2n) is 8.72. The first-order valence-corrected chi connectivity index (χ1v) is 11.6. The van der Waals surface area contributed by atoms with Crippen LogP contribution in [0.4, 0.5) is 0 Å². The van der Waals surface area contributed by atoms with Crippen LogP contribution < -0.4 is 0 Å². The van der Waals surface area contributed by atoms with Crippen LogP contribution in [0, 0.1) is 0 Å². The number of nitrogens with zero attached hydrogens (tertiary/aromatic N) is 2. The lowest BCUT2D eigenvalue weighted by Gasteiger charge is -2.11. The predicted octanol–water partition coefficient (Wildman–Crippen LogP) is 8.39. The molecule has 160 valence electrons. The molecule has 34 heavy (non-hydrogen) atoms. The Balaban J connectivity index is 1.54. The molecule has 0 aliphatic rings. The van der Waals surface area contributed by atoms with Crippen molar-refractivity contribution in [1.29, 1.82) is 0 Å². The van der Waals surface area contributed by atoms with E-state index in [1.54, 1.807) is 0 Å². The number of hydrogen-bond acceptors (Lipinski definition) is 0. The van der Waals surface area contributed by atoms with E-state index in [1.165, 1.54) is 55.2 Å². The van der Waals surface area contributed by atoms with Crippen LogP contribution >= 0.6 is 0 Å². The average molecular weight is 435 g/mol. The van der Waals surface area contributed by atoms with Gasteiger partial charge in [-0.2, -0.15) is 0 Å². The van der Waals surface area contributed by atoms with E-state index < -0.39 is 0 Å². The monoisotopic (exact) mass is 434 g/mol. The van der Waals surface area contributed by atoms with Crippen LogP contribution in [0.2, 0.25) is 0 Å². The quantitative estimate of drug-likeness (QED) is 0.264. The molecule has 0 saturated carbocycles. The van der Waals surface area contributed by atoms with Crippen molar-refractivity contribution < 1.29 is 0 Å². The molecule has 0 atom stereocenters. The lowest BCUT2D eigenvalue weighted by atomic mass is 10.1. The van der Waals surface area contributed by atoms with Crippen molar-refractivity contribution in [2.75, 3.05) is 0 Å². The summed E-state index contributed by atoms with van der Waals surface area (Å²) in [6, 6.07) is 45.6. The third-order valence-corrected chi connectivity index (χ3v) is 6.73. The molecular weight excluding hydrogens is 412 g/mol. The average Bonchev–Trinajstić information content (AvgIpc) is 3.47. The van der Waals surface area contributed by atoms with Gasteiger partial charge in [-0.15, -0.1) is 0 Å². The molecule has 2 heterocycles. The first kappa shape index (κ1) is 19.0. The maximum absolute atomic E-state index is 2.40. The van der Waals surface area contributed by atoms with Crippen LogP contribution in [0.3, 0.4) is 0 Å². The number of hydrogen-bond donors (Lipinski definition) is 0. The molecule has 2 heteroatoms. The van der Waals surface area contributed by atoms with Crippen molar-refractivity contribution >= 4 is 32.7 Å². The maximum Gasteiger partial charge on any atom is 0.0562 e. The van der Waals surface area contributed by atoms with Crippen molar-refractivity contribution in [3.05, 3.63) is 134 Å².